The molecule has 0 unspecified atom stereocenters. The van der Waals surface area contributed by atoms with Crippen molar-refractivity contribution in [2.45, 2.75) is 117 Å². The molecule has 0 aromatic heterocycles. The highest BCUT2D eigenvalue weighted by Crippen LogP contribution is 2.25. The molecule has 29 heteroatoms. The minimum absolute atomic E-state index is 0.171. The van der Waals surface area contributed by atoms with E-state index in [-0.39, 0.29) is 32.4 Å². The molecular weight excluding hydrogens is 862 g/mol. The van der Waals surface area contributed by atoms with Crippen molar-refractivity contribution < 1.29 is 119 Å². The van der Waals surface area contributed by atoms with Gasteiger partial charge < -0.3 is 100 Å². The van der Waals surface area contributed by atoms with E-state index in [0.717, 1.165) is 4.90 Å². The molecule has 63 heavy (non-hydrogen) atoms. The number of aliphatic hydroxyl groups is 12. The molecule has 362 valence electrons. The Labute approximate surface area is 357 Å². The van der Waals surface area contributed by atoms with E-state index in [1.807, 2.05) is 5.48 Å². The van der Waals surface area contributed by atoms with Crippen molar-refractivity contribution in [3.05, 3.63) is 0 Å². The average Bonchev–Trinajstić information content (AvgIpc) is 3.58. The number of carbonyl (C=O) groups is 5. The van der Waals surface area contributed by atoms with Crippen molar-refractivity contribution in [2.24, 2.45) is 0 Å². The summed E-state index contributed by atoms with van der Waals surface area (Å²) in [6, 6.07) is -1.14. The predicted octanol–water partition coefficient (Wildman–Crippen LogP) is -11.2. The van der Waals surface area contributed by atoms with Crippen LogP contribution in [0.4, 0.5) is 0 Å². The van der Waals surface area contributed by atoms with Crippen LogP contribution in [0.1, 0.15) is 19.3 Å². The van der Waals surface area contributed by atoms with Crippen LogP contribution in [-0.4, -0.2) is 265 Å². The molecule has 0 aromatic rings. The third kappa shape index (κ3) is 14.4. The lowest BCUT2D eigenvalue weighted by Gasteiger charge is -2.40. The first-order valence-electron chi connectivity index (χ1n) is 19.8. The van der Waals surface area contributed by atoms with E-state index in [1.54, 1.807) is 0 Å². The third-order valence-electron chi connectivity index (χ3n) is 10.2. The first-order chi connectivity index (χ1) is 29.9. The lowest BCUT2D eigenvalue weighted by molar-refractivity contribution is -0.304. The Hall–Kier alpha value is -3.25. The van der Waals surface area contributed by atoms with E-state index in [0.29, 0.717) is 5.06 Å². The molecule has 4 saturated heterocycles. The third-order valence-corrected chi connectivity index (χ3v) is 10.2. The topological polar surface area (TPSA) is 435 Å². The molecule has 4 aliphatic rings. The smallest absolute Gasteiger partial charge is 0.259 e. The van der Waals surface area contributed by atoms with Gasteiger partial charge in [-0.15, -0.1) is 10.0 Å². The Bertz CT molecular complexity index is 1480. The van der Waals surface area contributed by atoms with E-state index in [4.69, 9.17) is 33.4 Å². The standard InChI is InChI=1S/C34H57N5O24/c40-10-15-23(48)26(51)29(54)32(60-15)57-5-3-14(13-59-34-31(56)28(53)25(50)17(12-42)62-34)36-19(44)8-38(9-20(45)37-63-39-21(46)1-2-22(39)47)7-18(43)35-4-6-58-33-30(55)27(52)24(49)16(11-41)61-33/h14-17,23-34,40-42,48-56H,1-13H2,(H,35,43)(H,36,44)(H,37,45)/t14-,15-,16-,17-,23-,24-,25-,26+,27+,28+,29+,30+,31+,32+,33-,34+/m1/s1. The lowest BCUT2D eigenvalue weighted by Crippen LogP contribution is -2.60. The number of hydrogen-bond donors (Lipinski definition) is 15. The summed E-state index contributed by atoms with van der Waals surface area (Å²) in [5, 5.41) is 125. The summed E-state index contributed by atoms with van der Waals surface area (Å²) in [5.41, 5.74) is 1.88. The molecule has 16 atom stereocenters. The minimum atomic E-state index is -1.84. The number of aliphatic hydroxyl groups excluding tert-OH is 12. The zero-order valence-corrected chi connectivity index (χ0v) is 33.6. The minimum Gasteiger partial charge on any atom is -0.394 e. The molecule has 5 amide bonds. The maximum absolute atomic E-state index is 13.5. The zero-order chi connectivity index (χ0) is 46.5. The number of rotatable bonds is 23. The molecule has 4 rings (SSSR count). The number of nitrogens with zero attached hydrogens (tertiary/aromatic N) is 2. The molecule has 0 aromatic carbocycles. The largest absolute Gasteiger partial charge is 0.394 e. The van der Waals surface area contributed by atoms with Crippen LogP contribution in [0.25, 0.3) is 0 Å². The highest BCUT2D eigenvalue weighted by Gasteiger charge is 2.46. The molecule has 15 N–H and O–H groups in total. The second-order valence-corrected chi connectivity index (χ2v) is 14.9. The second-order valence-electron chi connectivity index (χ2n) is 14.9. The summed E-state index contributed by atoms with van der Waals surface area (Å²) in [6.07, 6.45) is -24.9. The van der Waals surface area contributed by atoms with Crippen LogP contribution < -0.4 is 16.1 Å². The van der Waals surface area contributed by atoms with Gasteiger partial charge in [0.15, 0.2) is 18.9 Å². The van der Waals surface area contributed by atoms with Gasteiger partial charge >= 0.3 is 0 Å². The second kappa shape index (κ2) is 24.9. The highest BCUT2D eigenvalue weighted by atomic mass is 16.8. The summed E-state index contributed by atoms with van der Waals surface area (Å²) in [7, 11) is 0. The van der Waals surface area contributed by atoms with Gasteiger partial charge in [-0.1, -0.05) is 0 Å². The first-order valence-corrected chi connectivity index (χ1v) is 19.8. The number of amides is 5. The van der Waals surface area contributed by atoms with Gasteiger partial charge in [0.05, 0.1) is 65.3 Å². The predicted molar refractivity (Wildman–Crippen MR) is 195 cm³/mol. The quantitative estimate of drug-likeness (QED) is 0.0257. The summed E-state index contributed by atoms with van der Waals surface area (Å²) in [4.78, 5) is 69.1. The molecule has 4 fully saturated rings. The van der Waals surface area contributed by atoms with Crippen molar-refractivity contribution in [1.29, 1.82) is 0 Å². The Morgan fingerprint density at radius 1 is 0.603 bits per heavy atom. The monoisotopic (exact) mass is 919 g/mol. The molecule has 0 spiro atoms. The maximum Gasteiger partial charge on any atom is 0.259 e. The van der Waals surface area contributed by atoms with E-state index in [2.05, 4.69) is 10.6 Å². The van der Waals surface area contributed by atoms with Crippen LogP contribution in [0.15, 0.2) is 0 Å². The van der Waals surface area contributed by atoms with Crippen LogP contribution in [-0.2, 0) is 57.3 Å². The number of imide groups is 1. The van der Waals surface area contributed by atoms with Gasteiger partial charge in [-0.05, 0) is 6.42 Å². The molecule has 0 saturated carbocycles. The highest BCUT2D eigenvalue weighted by molar-refractivity contribution is 6.00. The maximum atomic E-state index is 13.5. The van der Waals surface area contributed by atoms with Crippen molar-refractivity contribution >= 4 is 29.5 Å². The van der Waals surface area contributed by atoms with E-state index < -0.39 is 180 Å². The van der Waals surface area contributed by atoms with Crippen molar-refractivity contribution in [2.75, 3.05) is 65.8 Å². The van der Waals surface area contributed by atoms with E-state index in [1.165, 1.54) is 0 Å². The van der Waals surface area contributed by atoms with Gasteiger partial charge in [-0.25, -0.2) is 5.48 Å². The van der Waals surface area contributed by atoms with Crippen molar-refractivity contribution in [1.82, 2.24) is 26.1 Å². The number of nitrogens with one attached hydrogen (secondary N) is 3. The molecule has 4 heterocycles. The number of hydroxylamine groups is 3. The van der Waals surface area contributed by atoms with Gasteiger partial charge in [-0.3, -0.25) is 28.9 Å². The van der Waals surface area contributed by atoms with Gasteiger partial charge in [0.25, 0.3) is 17.7 Å². The van der Waals surface area contributed by atoms with Crippen LogP contribution in [0.3, 0.4) is 0 Å². The summed E-state index contributed by atoms with van der Waals surface area (Å²) < 4.78 is 32.4. The van der Waals surface area contributed by atoms with Crippen LogP contribution in [0, 0.1) is 0 Å². The van der Waals surface area contributed by atoms with Crippen LogP contribution in [0.2, 0.25) is 0 Å². The number of ether oxygens (including phenoxy) is 6. The SMILES string of the molecule is O=C(CN(CC(=O)NON1C(=O)CCC1=O)CC(=O)N[C@H](CCO[C@H]1O[C@H](CO)[C@@H](O)[C@H](O)[C@@H]1O)CO[C@H]1O[C@H](CO)[C@@H](O)[C@H](O)[C@@H]1O)NCCO[C@@H]1O[C@H](CO)[C@@H](O)[C@H](O)[C@@H]1O. The first kappa shape index (κ1) is 52.4. The summed E-state index contributed by atoms with van der Waals surface area (Å²) in [5.74, 6) is -4.23. The summed E-state index contributed by atoms with van der Waals surface area (Å²) >= 11 is 0. The fourth-order valence-corrected chi connectivity index (χ4v) is 6.61. The van der Waals surface area contributed by atoms with Gasteiger partial charge in [-0.2, -0.15) is 0 Å². The Morgan fingerprint density at radius 3 is 1.51 bits per heavy atom. The van der Waals surface area contributed by atoms with Gasteiger partial charge in [0.2, 0.25) is 11.8 Å². The average molecular weight is 920 g/mol. The summed E-state index contributed by atoms with van der Waals surface area (Å²) in [6.45, 7) is -6.00. The normalized spacial score (nSPS) is 35.4. The van der Waals surface area contributed by atoms with Crippen molar-refractivity contribution in [3.8, 4) is 0 Å². The van der Waals surface area contributed by atoms with Crippen LogP contribution >= 0.6 is 0 Å². The van der Waals surface area contributed by atoms with E-state index >= 15 is 0 Å². The lowest BCUT2D eigenvalue weighted by atomic mass is 9.99. The molecule has 0 aliphatic carbocycles. The zero-order valence-electron chi connectivity index (χ0n) is 33.6. The van der Waals surface area contributed by atoms with Crippen LogP contribution in [0.5, 0.6) is 0 Å². The number of hydrogen-bond acceptors (Lipinski definition) is 25. The molecule has 29 nitrogen and oxygen atoms in total. The fourth-order valence-electron chi connectivity index (χ4n) is 6.61. The van der Waals surface area contributed by atoms with Gasteiger partial charge in [0, 0.05) is 19.4 Å². The Kier molecular flexibility index (Phi) is 20.7. The van der Waals surface area contributed by atoms with Gasteiger partial charge in [0.1, 0.15) is 73.2 Å². The fraction of sp³-hybridized carbons (Fsp3) is 0.853. The molecule has 4 aliphatic heterocycles. The molecule has 0 bridgehead atoms. The Morgan fingerprint density at radius 2 is 1.03 bits per heavy atom. The van der Waals surface area contributed by atoms with Crippen molar-refractivity contribution in [3.63, 3.8) is 0 Å². The molecule has 0 radical (unpaired) electrons. The molecular formula is C34H57N5O24. The Balaban J connectivity index is 1.41. The van der Waals surface area contributed by atoms with E-state index in [9.17, 15) is 85.3 Å². The number of carbonyl (C=O) groups excluding carboxylic acids is 5.